The molecule has 0 aliphatic heterocycles. The van der Waals surface area contributed by atoms with Crippen molar-refractivity contribution in [1.29, 1.82) is 0 Å². The summed E-state index contributed by atoms with van der Waals surface area (Å²) in [5.74, 6) is 0. The van der Waals surface area contributed by atoms with E-state index in [1.54, 1.807) is 14.2 Å². The molecule has 1 amide bonds. The monoisotopic (exact) mass is 336 g/mol. The van der Waals surface area contributed by atoms with Crippen molar-refractivity contribution in [2.45, 2.75) is 51.5 Å². The number of hydrogen-bond donors (Lipinski definition) is 2. The van der Waals surface area contributed by atoms with Crippen molar-refractivity contribution in [2.75, 3.05) is 26.1 Å². The van der Waals surface area contributed by atoms with Gasteiger partial charge in [0.1, 0.15) is 5.60 Å². The van der Waals surface area contributed by atoms with Crippen molar-refractivity contribution in [3.63, 3.8) is 0 Å². The van der Waals surface area contributed by atoms with E-state index in [0.29, 0.717) is 6.54 Å². The van der Waals surface area contributed by atoms with Crippen LogP contribution in [0.2, 0.25) is 0 Å². The minimum Gasteiger partial charge on any atom is -0.444 e. The summed E-state index contributed by atoms with van der Waals surface area (Å²) in [5, 5.41) is 6.26. The number of aryl methyl sites for hydroxylation is 1. The molecule has 0 heterocycles. The zero-order valence-corrected chi connectivity index (χ0v) is 15.1. The average molecular weight is 336 g/mol. The van der Waals surface area contributed by atoms with Gasteiger partial charge in [-0.25, -0.2) is 4.79 Å². The number of carbonyl (C=O) groups excluding carboxylic acids is 1. The number of rotatable bonds is 6. The molecule has 24 heavy (non-hydrogen) atoms. The lowest BCUT2D eigenvalue weighted by atomic mass is 10.1. The Morgan fingerprint density at radius 1 is 1.29 bits per heavy atom. The van der Waals surface area contributed by atoms with Crippen LogP contribution in [0.3, 0.4) is 0 Å². The van der Waals surface area contributed by atoms with E-state index in [9.17, 15) is 4.79 Å². The summed E-state index contributed by atoms with van der Waals surface area (Å²) in [5.41, 5.74) is 2.76. The predicted molar refractivity (Wildman–Crippen MR) is 93.2 cm³/mol. The van der Waals surface area contributed by atoms with Crippen molar-refractivity contribution in [3.8, 4) is 0 Å². The standard InChI is InChI=1S/C18H28N2O4/c1-18(2,3)24-17(21)20-13-7-8-14-12(10-13)6-9-15(14)19-11-16(22-4)23-5/h7-8,10,15-16,19H,6,9,11H2,1-5H3,(H,20,21). The lowest BCUT2D eigenvalue weighted by molar-refractivity contribution is -0.0999. The Kier molecular flexibility index (Phi) is 6.21. The van der Waals surface area contributed by atoms with Crippen LogP contribution in [0.1, 0.15) is 44.4 Å². The average Bonchev–Trinajstić information content (AvgIpc) is 2.88. The molecule has 6 heteroatoms. The molecule has 2 rings (SSSR count). The van der Waals surface area contributed by atoms with Gasteiger partial charge in [0.25, 0.3) is 0 Å². The summed E-state index contributed by atoms with van der Waals surface area (Å²) in [6.45, 7) is 6.17. The molecule has 6 nitrogen and oxygen atoms in total. The molecule has 0 saturated heterocycles. The van der Waals surface area contributed by atoms with Gasteiger partial charge in [-0.3, -0.25) is 5.32 Å². The highest BCUT2D eigenvalue weighted by Crippen LogP contribution is 2.33. The van der Waals surface area contributed by atoms with Crippen LogP contribution in [0.4, 0.5) is 10.5 Å². The lowest BCUT2D eigenvalue weighted by Crippen LogP contribution is -2.31. The quantitative estimate of drug-likeness (QED) is 0.781. The number of amides is 1. The smallest absolute Gasteiger partial charge is 0.412 e. The molecule has 0 saturated carbocycles. The highest BCUT2D eigenvalue weighted by molar-refractivity contribution is 5.85. The van der Waals surface area contributed by atoms with Gasteiger partial charge >= 0.3 is 6.09 Å². The molecule has 1 aliphatic rings. The lowest BCUT2D eigenvalue weighted by Gasteiger charge is -2.20. The van der Waals surface area contributed by atoms with Gasteiger partial charge < -0.3 is 19.5 Å². The van der Waals surface area contributed by atoms with Crippen LogP contribution in [0.15, 0.2) is 18.2 Å². The van der Waals surface area contributed by atoms with Gasteiger partial charge in [0, 0.05) is 32.5 Å². The van der Waals surface area contributed by atoms with Crippen LogP contribution in [0.25, 0.3) is 0 Å². The molecule has 1 aromatic carbocycles. The summed E-state index contributed by atoms with van der Waals surface area (Å²) >= 11 is 0. The highest BCUT2D eigenvalue weighted by Gasteiger charge is 2.24. The van der Waals surface area contributed by atoms with Crippen LogP contribution < -0.4 is 10.6 Å². The molecule has 1 aromatic rings. The third-order valence-electron chi connectivity index (χ3n) is 3.92. The summed E-state index contributed by atoms with van der Waals surface area (Å²) in [6, 6.07) is 6.27. The second kappa shape index (κ2) is 7.96. The van der Waals surface area contributed by atoms with Gasteiger partial charge in [0.2, 0.25) is 0 Å². The van der Waals surface area contributed by atoms with Crippen LogP contribution in [0.5, 0.6) is 0 Å². The predicted octanol–water partition coefficient (Wildman–Crippen LogP) is 3.23. The highest BCUT2D eigenvalue weighted by atomic mass is 16.7. The van der Waals surface area contributed by atoms with Crippen molar-refractivity contribution in [3.05, 3.63) is 29.3 Å². The number of ether oxygens (including phenoxy) is 3. The molecule has 1 aliphatic carbocycles. The Bertz CT molecular complexity index is 565. The van der Waals surface area contributed by atoms with Crippen molar-refractivity contribution >= 4 is 11.8 Å². The minimum atomic E-state index is -0.505. The molecule has 1 unspecified atom stereocenters. The van der Waals surface area contributed by atoms with Gasteiger partial charge in [-0.2, -0.15) is 0 Å². The first-order chi connectivity index (χ1) is 11.3. The third kappa shape index (κ3) is 5.19. The van der Waals surface area contributed by atoms with Gasteiger partial charge in [0.15, 0.2) is 6.29 Å². The molecule has 2 N–H and O–H groups in total. The SMILES string of the molecule is COC(CNC1CCc2cc(NC(=O)OC(C)(C)C)ccc21)OC. The zero-order valence-electron chi connectivity index (χ0n) is 15.1. The van der Waals surface area contributed by atoms with E-state index in [-0.39, 0.29) is 12.3 Å². The fraction of sp³-hybridized carbons (Fsp3) is 0.611. The fourth-order valence-corrected chi connectivity index (χ4v) is 2.83. The molecule has 1 atom stereocenters. The first-order valence-electron chi connectivity index (χ1n) is 8.24. The second-order valence-corrected chi connectivity index (χ2v) is 6.94. The van der Waals surface area contributed by atoms with E-state index in [4.69, 9.17) is 14.2 Å². The van der Waals surface area contributed by atoms with Crippen molar-refractivity contribution < 1.29 is 19.0 Å². The molecule has 0 radical (unpaired) electrons. The summed E-state index contributed by atoms with van der Waals surface area (Å²) in [6.07, 6.45) is 1.31. The van der Waals surface area contributed by atoms with Crippen LogP contribution in [-0.2, 0) is 20.6 Å². The molecular weight excluding hydrogens is 308 g/mol. The third-order valence-corrected chi connectivity index (χ3v) is 3.92. The Balaban J connectivity index is 1.96. The Labute approximate surface area is 143 Å². The molecule has 0 bridgehead atoms. The van der Waals surface area contributed by atoms with E-state index >= 15 is 0 Å². The van der Waals surface area contributed by atoms with Gasteiger partial charge in [-0.1, -0.05) is 6.07 Å². The Morgan fingerprint density at radius 3 is 2.62 bits per heavy atom. The summed E-state index contributed by atoms with van der Waals surface area (Å²) in [4.78, 5) is 11.9. The number of fused-ring (bicyclic) bond motifs is 1. The molecule has 134 valence electrons. The number of methoxy groups -OCH3 is 2. The summed E-state index contributed by atoms with van der Waals surface area (Å²) < 4.78 is 15.7. The largest absolute Gasteiger partial charge is 0.444 e. The van der Waals surface area contributed by atoms with Crippen molar-refractivity contribution in [2.24, 2.45) is 0 Å². The summed E-state index contributed by atoms with van der Waals surface area (Å²) in [7, 11) is 3.26. The number of anilines is 1. The second-order valence-electron chi connectivity index (χ2n) is 6.94. The number of hydrogen-bond acceptors (Lipinski definition) is 5. The zero-order chi connectivity index (χ0) is 17.7. The molecule has 0 fully saturated rings. The minimum absolute atomic E-state index is 0.248. The van der Waals surface area contributed by atoms with E-state index in [1.165, 1.54) is 11.1 Å². The van der Waals surface area contributed by atoms with Crippen LogP contribution in [-0.4, -0.2) is 38.7 Å². The maximum Gasteiger partial charge on any atom is 0.412 e. The molecule has 0 spiro atoms. The number of carbonyl (C=O) groups is 1. The molecule has 0 aromatic heterocycles. The normalized spacial score (nSPS) is 17.0. The van der Waals surface area contributed by atoms with E-state index in [1.807, 2.05) is 32.9 Å². The van der Waals surface area contributed by atoms with Gasteiger partial charge in [-0.05, 0) is 56.9 Å². The van der Waals surface area contributed by atoms with Crippen molar-refractivity contribution in [1.82, 2.24) is 5.32 Å². The maximum atomic E-state index is 11.9. The van der Waals surface area contributed by atoms with Gasteiger partial charge in [-0.15, -0.1) is 0 Å². The van der Waals surface area contributed by atoms with Crippen LogP contribution in [0, 0.1) is 0 Å². The van der Waals surface area contributed by atoms with E-state index in [0.717, 1.165) is 18.5 Å². The maximum absolute atomic E-state index is 11.9. The van der Waals surface area contributed by atoms with E-state index in [2.05, 4.69) is 16.7 Å². The number of nitrogens with one attached hydrogen (secondary N) is 2. The first-order valence-corrected chi connectivity index (χ1v) is 8.24. The number of benzene rings is 1. The van der Waals surface area contributed by atoms with Crippen LogP contribution >= 0.6 is 0 Å². The van der Waals surface area contributed by atoms with Gasteiger partial charge in [0.05, 0.1) is 0 Å². The Hall–Kier alpha value is -1.63. The van der Waals surface area contributed by atoms with E-state index < -0.39 is 11.7 Å². The fourth-order valence-electron chi connectivity index (χ4n) is 2.83. The first kappa shape index (κ1) is 18.7. The Morgan fingerprint density at radius 2 is 2.00 bits per heavy atom. The topological polar surface area (TPSA) is 68.8 Å². The molecular formula is C18H28N2O4.